The Morgan fingerprint density at radius 2 is 1.38 bits per heavy atom. The Labute approximate surface area is 191 Å². The number of benzene rings is 3. The summed E-state index contributed by atoms with van der Waals surface area (Å²) in [5.74, 6) is -0.192. The van der Waals surface area contributed by atoms with Gasteiger partial charge in [-0.25, -0.2) is 14.6 Å². The van der Waals surface area contributed by atoms with Crippen molar-refractivity contribution >= 4 is 40.7 Å². The van der Waals surface area contributed by atoms with Crippen LogP contribution in [0, 0.1) is 0 Å². The number of nitrogens with zero attached hydrogens (tertiary/aromatic N) is 1. The summed E-state index contributed by atoms with van der Waals surface area (Å²) in [6.45, 7) is 4.16. The van der Waals surface area contributed by atoms with E-state index in [2.05, 4.69) is 5.32 Å². The van der Waals surface area contributed by atoms with Gasteiger partial charge >= 0.3 is 11.9 Å². The largest absolute Gasteiger partial charge is 0.462 e. The van der Waals surface area contributed by atoms with Gasteiger partial charge in [0.05, 0.1) is 30.0 Å². The van der Waals surface area contributed by atoms with Crippen molar-refractivity contribution in [1.82, 2.24) is 0 Å². The molecule has 0 saturated heterocycles. The molecule has 0 aliphatic carbocycles. The molecule has 0 unspecified atom stereocenters. The number of anilines is 1. The molecule has 0 heterocycles. The van der Waals surface area contributed by atoms with E-state index in [1.54, 1.807) is 74.5 Å². The second-order valence-corrected chi connectivity index (χ2v) is 7.10. The van der Waals surface area contributed by atoms with Crippen LogP contribution in [-0.4, -0.2) is 31.0 Å². The number of esters is 2. The molecule has 0 aliphatic rings. The van der Waals surface area contributed by atoms with Gasteiger partial charge in [-0.05, 0) is 74.5 Å². The fraction of sp³-hybridized carbons (Fsp3) is 0.160. The number of carbonyl (C=O) groups is 2. The molecule has 0 atom stereocenters. The smallest absolute Gasteiger partial charge is 0.338 e. The van der Waals surface area contributed by atoms with Gasteiger partial charge in [0.2, 0.25) is 0 Å². The predicted octanol–water partition coefficient (Wildman–Crippen LogP) is 5.88. The van der Waals surface area contributed by atoms with Crippen molar-refractivity contribution in [2.75, 3.05) is 18.5 Å². The number of carbonyl (C=O) groups excluding carboxylic acids is 2. The van der Waals surface area contributed by atoms with Crippen LogP contribution in [0.5, 0.6) is 0 Å². The second-order valence-electron chi connectivity index (χ2n) is 6.66. The first-order chi connectivity index (χ1) is 15.5. The molecule has 0 saturated carbocycles. The molecule has 32 heavy (non-hydrogen) atoms. The van der Waals surface area contributed by atoms with Gasteiger partial charge in [-0.1, -0.05) is 23.7 Å². The Bertz CT molecular complexity index is 1110. The lowest BCUT2D eigenvalue weighted by atomic mass is 10.1. The summed E-state index contributed by atoms with van der Waals surface area (Å²) in [6, 6.07) is 21.0. The highest BCUT2D eigenvalue weighted by Gasteiger charge is 2.10. The van der Waals surface area contributed by atoms with Crippen molar-refractivity contribution in [2.24, 2.45) is 4.99 Å². The van der Waals surface area contributed by atoms with Crippen LogP contribution in [0.2, 0.25) is 5.02 Å². The standard InChI is InChI=1S/C25H23ClN2O4/c1-3-31-24(29)17-8-12-21(13-9-17)27-23(19-6-5-7-20(26)16-19)28-22-14-10-18(11-15-22)25(30)32-4-2/h5-16H,3-4H2,1-2H3,(H,27,28). The van der Waals surface area contributed by atoms with Crippen LogP contribution in [-0.2, 0) is 9.47 Å². The molecular weight excluding hydrogens is 428 g/mol. The first-order valence-corrected chi connectivity index (χ1v) is 10.5. The average Bonchev–Trinajstić information content (AvgIpc) is 2.80. The quantitative estimate of drug-likeness (QED) is 0.276. The first kappa shape index (κ1) is 23.0. The second kappa shape index (κ2) is 11.1. The fourth-order valence-corrected chi connectivity index (χ4v) is 3.05. The Balaban J connectivity index is 1.89. The monoisotopic (exact) mass is 450 g/mol. The third-order valence-corrected chi connectivity index (χ3v) is 4.61. The molecule has 0 aliphatic heterocycles. The van der Waals surface area contributed by atoms with E-state index in [-0.39, 0.29) is 11.9 Å². The van der Waals surface area contributed by atoms with Gasteiger partial charge in [-0.3, -0.25) is 0 Å². The lowest BCUT2D eigenvalue weighted by molar-refractivity contribution is 0.0517. The summed E-state index contributed by atoms with van der Waals surface area (Å²) in [7, 11) is 0. The molecule has 0 bridgehead atoms. The fourth-order valence-electron chi connectivity index (χ4n) is 2.86. The van der Waals surface area contributed by atoms with Gasteiger partial charge in [-0.2, -0.15) is 0 Å². The lowest BCUT2D eigenvalue weighted by Gasteiger charge is -2.12. The summed E-state index contributed by atoms with van der Waals surface area (Å²) in [4.78, 5) is 28.5. The number of rotatable bonds is 7. The number of halogens is 1. The molecule has 0 radical (unpaired) electrons. The summed E-state index contributed by atoms with van der Waals surface area (Å²) in [5, 5.41) is 3.85. The van der Waals surface area contributed by atoms with Gasteiger partial charge < -0.3 is 14.8 Å². The highest BCUT2D eigenvalue weighted by Crippen LogP contribution is 2.20. The van der Waals surface area contributed by atoms with Crippen molar-refractivity contribution in [3.63, 3.8) is 0 Å². The minimum absolute atomic E-state index is 0.316. The van der Waals surface area contributed by atoms with Gasteiger partial charge in [0, 0.05) is 16.3 Å². The third-order valence-electron chi connectivity index (χ3n) is 4.38. The average molecular weight is 451 g/mol. The minimum atomic E-state index is -0.377. The van der Waals surface area contributed by atoms with Crippen molar-refractivity contribution in [3.05, 3.63) is 94.5 Å². The van der Waals surface area contributed by atoms with Crippen LogP contribution in [0.25, 0.3) is 0 Å². The van der Waals surface area contributed by atoms with E-state index in [0.29, 0.717) is 40.9 Å². The zero-order valence-corrected chi connectivity index (χ0v) is 18.6. The molecule has 3 aromatic carbocycles. The zero-order chi connectivity index (χ0) is 22.9. The van der Waals surface area contributed by atoms with Crippen molar-refractivity contribution in [3.8, 4) is 0 Å². The third kappa shape index (κ3) is 6.18. The Morgan fingerprint density at radius 3 is 1.91 bits per heavy atom. The summed E-state index contributed by atoms with van der Waals surface area (Å²) in [5.41, 5.74) is 3.08. The Kier molecular flexibility index (Phi) is 8.00. The summed E-state index contributed by atoms with van der Waals surface area (Å²) in [6.07, 6.45) is 0. The van der Waals surface area contributed by atoms with E-state index in [1.165, 1.54) is 0 Å². The topological polar surface area (TPSA) is 77.0 Å². The molecular formula is C25H23ClN2O4. The van der Waals surface area contributed by atoms with E-state index in [0.717, 1.165) is 11.3 Å². The number of hydrogen-bond acceptors (Lipinski definition) is 5. The van der Waals surface area contributed by atoms with Crippen LogP contribution in [0.1, 0.15) is 40.1 Å². The minimum Gasteiger partial charge on any atom is -0.462 e. The molecule has 0 amide bonds. The van der Waals surface area contributed by atoms with Crippen molar-refractivity contribution in [1.29, 1.82) is 0 Å². The Morgan fingerprint density at radius 1 is 0.812 bits per heavy atom. The van der Waals surface area contributed by atoms with Crippen LogP contribution >= 0.6 is 11.6 Å². The summed E-state index contributed by atoms with van der Waals surface area (Å²) >= 11 is 6.18. The van der Waals surface area contributed by atoms with E-state index in [4.69, 9.17) is 26.1 Å². The maximum Gasteiger partial charge on any atom is 0.338 e. The van der Waals surface area contributed by atoms with E-state index >= 15 is 0 Å². The van der Waals surface area contributed by atoms with Crippen molar-refractivity contribution < 1.29 is 19.1 Å². The number of ether oxygens (including phenoxy) is 2. The zero-order valence-electron chi connectivity index (χ0n) is 17.8. The molecule has 1 N–H and O–H groups in total. The predicted molar refractivity (Wildman–Crippen MR) is 126 cm³/mol. The molecule has 3 aromatic rings. The molecule has 0 fully saturated rings. The van der Waals surface area contributed by atoms with Gasteiger partial charge in [0.1, 0.15) is 5.84 Å². The molecule has 7 heteroatoms. The highest BCUT2D eigenvalue weighted by atomic mass is 35.5. The molecule has 164 valence electrons. The number of amidine groups is 1. The maximum absolute atomic E-state index is 11.9. The van der Waals surface area contributed by atoms with Gasteiger partial charge in [0.15, 0.2) is 0 Å². The highest BCUT2D eigenvalue weighted by molar-refractivity contribution is 6.31. The normalized spacial score (nSPS) is 11.0. The van der Waals surface area contributed by atoms with Gasteiger partial charge in [-0.15, -0.1) is 0 Å². The van der Waals surface area contributed by atoms with Gasteiger partial charge in [0.25, 0.3) is 0 Å². The molecule has 0 aromatic heterocycles. The lowest BCUT2D eigenvalue weighted by Crippen LogP contribution is -2.14. The van der Waals surface area contributed by atoms with Crippen LogP contribution in [0.3, 0.4) is 0 Å². The van der Waals surface area contributed by atoms with Crippen molar-refractivity contribution in [2.45, 2.75) is 13.8 Å². The van der Waals surface area contributed by atoms with E-state index in [1.807, 2.05) is 12.1 Å². The van der Waals surface area contributed by atoms with Crippen LogP contribution < -0.4 is 5.32 Å². The van der Waals surface area contributed by atoms with E-state index < -0.39 is 0 Å². The first-order valence-electron chi connectivity index (χ1n) is 10.2. The van der Waals surface area contributed by atoms with Crippen LogP contribution in [0.15, 0.2) is 77.8 Å². The number of hydrogen-bond donors (Lipinski definition) is 1. The summed E-state index contributed by atoms with van der Waals surface area (Å²) < 4.78 is 10.0. The number of nitrogens with one attached hydrogen (secondary N) is 1. The SMILES string of the molecule is CCOC(=O)c1ccc(N=C(Nc2ccc(C(=O)OCC)cc2)c2cccc(Cl)c2)cc1. The van der Waals surface area contributed by atoms with E-state index in [9.17, 15) is 9.59 Å². The molecule has 3 rings (SSSR count). The number of aliphatic imine (C=N–C) groups is 1. The van der Waals surface area contributed by atoms with Crippen LogP contribution in [0.4, 0.5) is 11.4 Å². The Hall–Kier alpha value is -3.64. The molecule has 0 spiro atoms. The maximum atomic E-state index is 11.9. The molecule has 6 nitrogen and oxygen atoms in total.